The first-order chi connectivity index (χ1) is 8.63. The lowest BCUT2D eigenvalue weighted by molar-refractivity contribution is -0.145. The standard InChI is InChI=1S/C13H23N3O2/c1-3-11-12(17)15-6-7-16(11)13(18)10-8-9(2)4-5-14-10/h9-11,14H,3-8H2,1-2H3,(H,15,17). The fraction of sp³-hybridized carbons (Fsp3) is 0.846. The van der Waals surface area contributed by atoms with Gasteiger partial charge in [0.2, 0.25) is 11.8 Å². The van der Waals surface area contributed by atoms with Gasteiger partial charge in [-0.2, -0.15) is 0 Å². The molecule has 0 aromatic carbocycles. The largest absolute Gasteiger partial charge is 0.353 e. The third-order valence-electron chi connectivity index (χ3n) is 3.96. The van der Waals surface area contributed by atoms with Crippen molar-refractivity contribution >= 4 is 11.8 Å². The number of nitrogens with one attached hydrogen (secondary N) is 2. The molecule has 0 aliphatic carbocycles. The summed E-state index contributed by atoms with van der Waals surface area (Å²) in [5.74, 6) is 0.670. The van der Waals surface area contributed by atoms with Gasteiger partial charge in [-0.1, -0.05) is 13.8 Å². The van der Waals surface area contributed by atoms with E-state index in [4.69, 9.17) is 0 Å². The second-order valence-corrected chi connectivity index (χ2v) is 5.38. The maximum Gasteiger partial charge on any atom is 0.242 e. The van der Waals surface area contributed by atoms with Crippen LogP contribution in [0.3, 0.4) is 0 Å². The van der Waals surface area contributed by atoms with Crippen molar-refractivity contribution < 1.29 is 9.59 Å². The van der Waals surface area contributed by atoms with Gasteiger partial charge in [0, 0.05) is 13.1 Å². The van der Waals surface area contributed by atoms with Crippen molar-refractivity contribution in [3.05, 3.63) is 0 Å². The molecule has 2 fully saturated rings. The lowest BCUT2D eigenvalue weighted by atomic mass is 9.93. The number of nitrogens with zero attached hydrogens (tertiary/aromatic N) is 1. The molecule has 102 valence electrons. The Morgan fingerprint density at radius 2 is 2.22 bits per heavy atom. The van der Waals surface area contributed by atoms with Gasteiger partial charge in [0.1, 0.15) is 6.04 Å². The quantitative estimate of drug-likeness (QED) is 0.734. The number of carbonyl (C=O) groups is 2. The summed E-state index contributed by atoms with van der Waals surface area (Å²) >= 11 is 0. The number of amides is 2. The molecule has 2 N–H and O–H groups in total. The third-order valence-corrected chi connectivity index (χ3v) is 3.96. The van der Waals surface area contributed by atoms with E-state index >= 15 is 0 Å². The van der Waals surface area contributed by atoms with Crippen LogP contribution < -0.4 is 10.6 Å². The van der Waals surface area contributed by atoms with Crippen LogP contribution in [0.5, 0.6) is 0 Å². The minimum Gasteiger partial charge on any atom is -0.353 e. The summed E-state index contributed by atoms with van der Waals surface area (Å²) in [4.78, 5) is 26.0. The number of hydrogen-bond acceptors (Lipinski definition) is 3. The van der Waals surface area contributed by atoms with Crippen LogP contribution in [-0.4, -0.2) is 48.4 Å². The minimum absolute atomic E-state index is 0.0130. The average Bonchev–Trinajstić information content (AvgIpc) is 2.37. The lowest BCUT2D eigenvalue weighted by Gasteiger charge is -2.38. The maximum atomic E-state index is 12.5. The van der Waals surface area contributed by atoms with E-state index in [0.717, 1.165) is 19.4 Å². The van der Waals surface area contributed by atoms with Crippen molar-refractivity contribution in [3.63, 3.8) is 0 Å². The topological polar surface area (TPSA) is 61.4 Å². The SMILES string of the molecule is CCC1C(=O)NCCN1C(=O)C1CC(C)CCN1. The van der Waals surface area contributed by atoms with Crippen LogP contribution in [-0.2, 0) is 9.59 Å². The molecule has 3 atom stereocenters. The molecular weight excluding hydrogens is 230 g/mol. The van der Waals surface area contributed by atoms with Gasteiger partial charge in [0.25, 0.3) is 0 Å². The first-order valence-corrected chi connectivity index (χ1v) is 6.95. The second-order valence-electron chi connectivity index (χ2n) is 5.38. The Kier molecular flexibility index (Phi) is 4.22. The predicted molar refractivity (Wildman–Crippen MR) is 69.0 cm³/mol. The highest BCUT2D eigenvalue weighted by Crippen LogP contribution is 2.19. The van der Waals surface area contributed by atoms with E-state index in [-0.39, 0.29) is 23.9 Å². The van der Waals surface area contributed by atoms with Gasteiger partial charge < -0.3 is 15.5 Å². The number of hydrogen-bond donors (Lipinski definition) is 2. The number of piperazine rings is 1. The van der Waals surface area contributed by atoms with Crippen LogP contribution in [0.25, 0.3) is 0 Å². The molecule has 0 spiro atoms. The Labute approximate surface area is 108 Å². The van der Waals surface area contributed by atoms with Crippen molar-refractivity contribution in [2.45, 2.75) is 45.2 Å². The summed E-state index contributed by atoms with van der Waals surface area (Å²) < 4.78 is 0. The van der Waals surface area contributed by atoms with Gasteiger partial charge >= 0.3 is 0 Å². The Bertz CT molecular complexity index is 332. The predicted octanol–water partition coefficient (Wildman–Crippen LogP) is 0.112. The Balaban J connectivity index is 2.04. The summed E-state index contributed by atoms with van der Waals surface area (Å²) in [6.07, 6.45) is 2.69. The van der Waals surface area contributed by atoms with Gasteiger partial charge in [-0.3, -0.25) is 9.59 Å². The van der Waals surface area contributed by atoms with Gasteiger partial charge in [-0.25, -0.2) is 0 Å². The van der Waals surface area contributed by atoms with E-state index in [9.17, 15) is 9.59 Å². The van der Waals surface area contributed by atoms with Crippen molar-refractivity contribution in [1.29, 1.82) is 0 Å². The van der Waals surface area contributed by atoms with Gasteiger partial charge in [-0.05, 0) is 31.7 Å². The van der Waals surface area contributed by atoms with Crippen LogP contribution in [0, 0.1) is 5.92 Å². The molecule has 3 unspecified atom stereocenters. The lowest BCUT2D eigenvalue weighted by Crippen LogP contribution is -2.61. The van der Waals surface area contributed by atoms with Crippen molar-refractivity contribution in [2.75, 3.05) is 19.6 Å². The molecule has 2 saturated heterocycles. The number of rotatable bonds is 2. The first-order valence-electron chi connectivity index (χ1n) is 6.95. The number of carbonyl (C=O) groups excluding carboxylic acids is 2. The molecule has 5 heteroatoms. The van der Waals surface area contributed by atoms with Crippen LogP contribution in [0.2, 0.25) is 0 Å². The highest BCUT2D eigenvalue weighted by atomic mass is 16.2. The fourth-order valence-electron chi connectivity index (χ4n) is 2.88. The zero-order valence-corrected chi connectivity index (χ0v) is 11.2. The van der Waals surface area contributed by atoms with E-state index in [1.165, 1.54) is 0 Å². The summed E-state index contributed by atoms with van der Waals surface area (Å²) in [7, 11) is 0. The molecule has 5 nitrogen and oxygen atoms in total. The molecule has 2 aliphatic rings. The highest BCUT2D eigenvalue weighted by molar-refractivity contribution is 5.90. The smallest absolute Gasteiger partial charge is 0.242 e. The molecule has 0 aromatic heterocycles. The molecule has 2 rings (SSSR count). The van der Waals surface area contributed by atoms with Gasteiger partial charge in [-0.15, -0.1) is 0 Å². The van der Waals surface area contributed by atoms with E-state index in [0.29, 0.717) is 25.4 Å². The Hall–Kier alpha value is -1.10. The maximum absolute atomic E-state index is 12.5. The fourth-order valence-corrected chi connectivity index (χ4v) is 2.88. The molecule has 2 aliphatic heterocycles. The van der Waals surface area contributed by atoms with Gasteiger partial charge in [0.15, 0.2) is 0 Å². The van der Waals surface area contributed by atoms with Crippen molar-refractivity contribution in [3.8, 4) is 0 Å². The van der Waals surface area contributed by atoms with Gasteiger partial charge in [0.05, 0.1) is 6.04 Å². The normalized spacial score (nSPS) is 33.1. The monoisotopic (exact) mass is 253 g/mol. The van der Waals surface area contributed by atoms with E-state index in [1.807, 2.05) is 6.92 Å². The van der Waals surface area contributed by atoms with Crippen LogP contribution >= 0.6 is 0 Å². The highest BCUT2D eigenvalue weighted by Gasteiger charge is 2.36. The number of piperidine rings is 1. The molecule has 2 amide bonds. The van der Waals surface area contributed by atoms with E-state index in [1.54, 1.807) is 4.90 Å². The Morgan fingerprint density at radius 3 is 2.89 bits per heavy atom. The third kappa shape index (κ3) is 2.66. The van der Waals surface area contributed by atoms with Crippen molar-refractivity contribution in [1.82, 2.24) is 15.5 Å². The summed E-state index contributed by atoms with van der Waals surface area (Å²) in [5, 5.41) is 6.11. The van der Waals surface area contributed by atoms with Crippen LogP contribution in [0.1, 0.15) is 33.1 Å². The summed E-state index contributed by atoms with van der Waals surface area (Å²) in [6, 6.07) is -0.390. The van der Waals surface area contributed by atoms with Crippen molar-refractivity contribution in [2.24, 2.45) is 5.92 Å². The average molecular weight is 253 g/mol. The molecule has 0 bridgehead atoms. The molecule has 0 radical (unpaired) electrons. The van der Waals surface area contributed by atoms with E-state index < -0.39 is 0 Å². The summed E-state index contributed by atoms with van der Waals surface area (Å²) in [5.41, 5.74) is 0. The molecule has 0 aromatic rings. The van der Waals surface area contributed by atoms with E-state index in [2.05, 4.69) is 17.6 Å². The summed E-state index contributed by atoms with van der Waals surface area (Å²) in [6.45, 7) is 6.24. The van der Waals surface area contributed by atoms with Crippen LogP contribution in [0.15, 0.2) is 0 Å². The zero-order chi connectivity index (χ0) is 13.1. The molecule has 18 heavy (non-hydrogen) atoms. The molecule has 0 saturated carbocycles. The Morgan fingerprint density at radius 1 is 1.44 bits per heavy atom. The molecule has 2 heterocycles. The molecular formula is C13H23N3O2. The minimum atomic E-state index is -0.287. The first kappa shape index (κ1) is 13.3. The second kappa shape index (κ2) is 5.69. The van der Waals surface area contributed by atoms with Crippen LogP contribution in [0.4, 0.5) is 0 Å². The zero-order valence-electron chi connectivity index (χ0n) is 11.2.